The molecule has 2 aromatic carbocycles. The lowest BCUT2D eigenvalue weighted by Gasteiger charge is -2.10. The first-order chi connectivity index (χ1) is 18.3. The number of nitrogens with one attached hydrogen (secondary N) is 1. The van der Waals surface area contributed by atoms with Crippen molar-refractivity contribution in [3.8, 4) is 11.3 Å². The van der Waals surface area contributed by atoms with Crippen molar-refractivity contribution in [1.29, 1.82) is 0 Å². The molecule has 0 amide bonds. The van der Waals surface area contributed by atoms with E-state index in [1.807, 2.05) is 57.3 Å². The van der Waals surface area contributed by atoms with E-state index in [0.717, 1.165) is 55.6 Å². The number of halogens is 1. The van der Waals surface area contributed by atoms with Crippen molar-refractivity contribution in [3.05, 3.63) is 106 Å². The minimum Gasteiger partial charge on any atom is -0.493 e. The molecular formula is C31H31ClN2O4. The topological polar surface area (TPSA) is 77.3 Å². The van der Waals surface area contributed by atoms with Crippen LogP contribution in [0.3, 0.4) is 0 Å². The summed E-state index contributed by atoms with van der Waals surface area (Å²) in [5.74, 6) is 0.483. The van der Waals surface area contributed by atoms with E-state index in [1.54, 1.807) is 6.26 Å². The second-order valence-corrected chi connectivity index (χ2v) is 9.47. The predicted molar refractivity (Wildman–Crippen MR) is 152 cm³/mol. The van der Waals surface area contributed by atoms with Gasteiger partial charge in [-0.15, -0.1) is 0 Å². The molecule has 0 fully saturated rings. The Bertz CT molecular complexity index is 1530. The monoisotopic (exact) mass is 530 g/mol. The Labute approximate surface area is 227 Å². The van der Waals surface area contributed by atoms with Crippen LogP contribution in [0.1, 0.15) is 43.0 Å². The highest BCUT2D eigenvalue weighted by molar-refractivity contribution is 6.33. The second-order valence-electron chi connectivity index (χ2n) is 9.07. The molecule has 7 heteroatoms. The zero-order chi connectivity index (χ0) is 27.2. The van der Waals surface area contributed by atoms with Gasteiger partial charge >= 0.3 is 5.97 Å². The standard InChI is InChI=1S/C31H31ClN2O4/c1-6-19(2)25(22-11-13-26-23(15-29(35)36-5)16-33-28(26)14-22)12-10-21(4)37-17-24-18-38-34-31(24)30-20(3)8-7-9-27(30)32/h6-14,16,18,33H,15,17H2,1-5H3/b19-6-,21-10+,25-12+. The van der Waals surface area contributed by atoms with E-state index in [9.17, 15) is 4.79 Å². The van der Waals surface area contributed by atoms with Gasteiger partial charge in [0.1, 0.15) is 18.6 Å². The van der Waals surface area contributed by atoms with Gasteiger partial charge < -0.3 is 19.0 Å². The summed E-state index contributed by atoms with van der Waals surface area (Å²) in [6, 6.07) is 11.9. The average molecular weight is 531 g/mol. The number of H-pyrrole nitrogens is 1. The average Bonchev–Trinajstić information content (AvgIpc) is 3.54. The summed E-state index contributed by atoms with van der Waals surface area (Å²) in [6.45, 7) is 8.30. The van der Waals surface area contributed by atoms with E-state index < -0.39 is 0 Å². The molecular weight excluding hydrogens is 500 g/mol. The number of hydrogen-bond acceptors (Lipinski definition) is 5. The summed E-state index contributed by atoms with van der Waals surface area (Å²) in [7, 11) is 1.40. The summed E-state index contributed by atoms with van der Waals surface area (Å²) < 4.78 is 16.1. The maximum Gasteiger partial charge on any atom is 0.310 e. The van der Waals surface area contributed by atoms with Crippen LogP contribution in [0.15, 0.2) is 82.9 Å². The number of aromatic amines is 1. The van der Waals surface area contributed by atoms with Gasteiger partial charge in [0.05, 0.1) is 29.9 Å². The Balaban J connectivity index is 1.56. The lowest BCUT2D eigenvalue weighted by molar-refractivity contribution is -0.139. The maximum atomic E-state index is 11.7. The molecule has 1 N–H and O–H groups in total. The van der Waals surface area contributed by atoms with E-state index in [1.165, 1.54) is 7.11 Å². The quantitative estimate of drug-likeness (QED) is 0.135. The number of hydrogen-bond donors (Lipinski definition) is 1. The Morgan fingerprint density at radius 1 is 1.16 bits per heavy atom. The molecule has 0 saturated carbocycles. The number of nitrogens with zero attached hydrogens (tertiary/aromatic N) is 1. The fraction of sp³-hybridized carbons (Fsp3) is 0.226. The van der Waals surface area contributed by atoms with Gasteiger partial charge in [0, 0.05) is 22.7 Å². The number of aromatic nitrogens is 2. The zero-order valence-electron chi connectivity index (χ0n) is 22.2. The summed E-state index contributed by atoms with van der Waals surface area (Å²) in [6.07, 6.45) is 9.77. The van der Waals surface area contributed by atoms with Gasteiger partial charge in [-0.1, -0.05) is 53.2 Å². The molecule has 0 aliphatic heterocycles. The smallest absolute Gasteiger partial charge is 0.310 e. The number of fused-ring (bicyclic) bond motifs is 1. The van der Waals surface area contributed by atoms with Crippen LogP contribution in [0.2, 0.25) is 5.02 Å². The highest BCUT2D eigenvalue weighted by atomic mass is 35.5. The highest BCUT2D eigenvalue weighted by Gasteiger charge is 2.16. The van der Waals surface area contributed by atoms with Crippen LogP contribution in [0, 0.1) is 6.92 Å². The van der Waals surface area contributed by atoms with Crippen LogP contribution in [0.5, 0.6) is 0 Å². The number of methoxy groups -OCH3 is 1. The second kappa shape index (κ2) is 12.0. The van der Waals surface area contributed by atoms with Gasteiger partial charge in [-0.25, -0.2) is 0 Å². The number of rotatable bonds is 9. The van der Waals surface area contributed by atoms with Crippen molar-refractivity contribution in [2.75, 3.05) is 7.11 Å². The summed E-state index contributed by atoms with van der Waals surface area (Å²) >= 11 is 6.44. The van der Waals surface area contributed by atoms with Gasteiger partial charge in [-0.2, -0.15) is 0 Å². The molecule has 0 aliphatic carbocycles. The molecule has 4 rings (SSSR count). The van der Waals surface area contributed by atoms with Crippen molar-refractivity contribution in [2.24, 2.45) is 0 Å². The first kappa shape index (κ1) is 27.0. The number of allylic oxidation sites excluding steroid dienone is 6. The normalized spacial score (nSPS) is 12.7. The molecule has 0 atom stereocenters. The fourth-order valence-electron chi connectivity index (χ4n) is 4.28. The molecule has 0 saturated heterocycles. The SMILES string of the molecule is C\C=C(C)/C(=C\C=C(/C)OCc1conc1-c1c(C)cccc1Cl)c1ccc2c(CC(=O)OC)c[nH]c2c1. The summed E-state index contributed by atoms with van der Waals surface area (Å²) in [5.41, 5.74) is 8.51. The van der Waals surface area contributed by atoms with Gasteiger partial charge in [-0.3, -0.25) is 4.79 Å². The minimum absolute atomic E-state index is 0.232. The Morgan fingerprint density at radius 3 is 2.71 bits per heavy atom. The molecule has 0 unspecified atom stereocenters. The van der Waals surface area contributed by atoms with Crippen molar-refractivity contribution in [1.82, 2.24) is 10.1 Å². The number of esters is 1. The van der Waals surface area contributed by atoms with E-state index in [0.29, 0.717) is 17.3 Å². The number of ether oxygens (including phenoxy) is 2. The van der Waals surface area contributed by atoms with Crippen LogP contribution in [-0.4, -0.2) is 23.2 Å². The van der Waals surface area contributed by atoms with E-state index in [4.69, 9.17) is 25.6 Å². The summed E-state index contributed by atoms with van der Waals surface area (Å²) in [5, 5.41) is 5.80. The Morgan fingerprint density at radius 2 is 1.97 bits per heavy atom. The lowest BCUT2D eigenvalue weighted by atomic mass is 9.96. The highest BCUT2D eigenvalue weighted by Crippen LogP contribution is 2.33. The molecule has 6 nitrogen and oxygen atoms in total. The molecule has 0 bridgehead atoms. The number of carbonyl (C=O) groups excluding carboxylic acids is 1. The van der Waals surface area contributed by atoms with E-state index in [2.05, 4.69) is 41.3 Å². The van der Waals surface area contributed by atoms with Crippen LogP contribution in [-0.2, 0) is 27.3 Å². The number of benzene rings is 2. The van der Waals surface area contributed by atoms with Crippen LogP contribution in [0.4, 0.5) is 0 Å². The largest absolute Gasteiger partial charge is 0.493 e. The van der Waals surface area contributed by atoms with Gasteiger partial charge in [-0.05, 0) is 73.7 Å². The van der Waals surface area contributed by atoms with Crippen molar-refractivity contribution < 1.29 is 18.8 Å². The third kappa shape index (κ3) is 5.92. The van der Waals surface area contributed by atoms with Crippen LogP contribution >= 0.6 is 11.6 Å². The number of aryl methyl sites for hydroxylation is 1. The molecule has 4 aromatic rings. The Kier molecular flexibility index (Phi) is 8.54. The lowest BCUT2D eigenvalue weighted by Crippen LogP contribution is -2.03. The molecule has 0 aliphatic rings. The number of carbonyl (C=O) groups is 1. The van der Waals surface area contributed by atoms with Crippen LogP contribution in [0.25, 0.3) is 27.7 Å². The van der Waals surface area contributed by atoms with Crippen molar-refractivity contribution >= 4 is 34.0 Å². The first-order valence-corrected chi connectivity index (χ1v) is 12.7. The predicted octanol–water partition coefficient (Wildman–Crippen LogP) is 7.97. The summed E-state index contributed by atoms with van der Waals surface area (Å²) in [4.78, 5) is 15.0. The molecule has 2 aromatic heterocycles. The maximum absolute atomic E-state index is 11.7. The molecule has 2 heterocycles. The molecule has 38 heavy (non-hydrogen) atoms. The molecule has 196 valence electrons. The fourth-order valence-corrected chi connectivity index (χ4v) is 4.59. The van der Waals surface area contributed by atoms with Crippen LogP contribution < -0.4 is 0 Å². The third-order valence-electron chi connectivity index (χ3n) is 6.54. The molecule has 0 spiro atoms. The van der Waals surface area contributed by atoms with Gasteiger partial charge in [0.25, 0.3) is 0 Å². The van der Waals surface area contributed by atoms with Crippen molar-refractivity contribution in [3.63, 3.8) is 0 Å². The van der Waals surface area contributed by atoms with E-state index >= 15 is 0 Å². The van der Waals surface area contributed by atoms with Gasteiger partial charge in [0.2, 0.25) is 0 Å². The third-order valence-corrected chi connectivity index (χ3v) is 6.86. The minimum atomic E-state index is -0.263. The zero-order valence-corrected chi connectivity index (χ0v) is 23.0. The van der Waals surface area contributed by atoms with E-state index in [-0.39, 0.29) is 12.4 Å². The Hall–Kier alpha value is -4.03. The first-order valence-electron chi connectivity index (χ1n) is 12.3. The van der Waals surface area contributed by atoms with Gasteiger partial charge in [0.15, 0.2) is 0 Å². The van der Waals surface area contributed by atoms with Crippen molar-refractivity contribution in [2.45, 2.75) is 40.7 Å². The molecule has 0 radical (unpaired) electrons.